The first kappa shape index (κ1) is 18.1. The minimum absolute atomic E-state index is 0.0365. The van der Waals surface area contributed by atoms with E-state index >= 15 is 0 Å². The molecule has 0 radical (unpaired) electrons. The highest BCUT2D eigenvalue weighted by molar-refractivity contribution is 7.13. The van der Waals surface area contributed by atoms with Crippen molar-refractivity contribution in [3.05, 3.63) is 41.2 Å². The summed E-state index contributed by atoms with van der Waals surface area (Å²) in [6.07, 6.45) is 0.608. The molecule has 1 amide bonds. The van der Waals surface area contributed by atoms with E-state index < -0.39 is 17.9 Å². The second-order valence-electron chi connectivity index (χ2n) is 5.57. The number of benzene rings is 1. The van der Waals surface area contributed by atoms with Gasteiger partial charge in [-0.25, -0.2) is 14.2 Å². The molecule has 0 aliphatic rings. The molecule has 2 rings (SSSR count). The van der Waals surface area contributed by atoms with Crippen LogP contribution in [0.1, 0.15) is 26.0 Å². The number of carbonyl (C=O) groups excluding carboxylic acids is 1. The summed E-state index contributed by atoms with van der Waals surface area (Å²) in [7, 11) is 0. The first-order valence-electron chi connectivity index (χ1n) is 7.63. The van der Waals surface area contributed by atoms with E-state index in [-0.39, 0.29) is 18.2 Å². The molecule has 0 unspecified atom stereocenters. The van der Waals surface area contributed by atoms with Crippen molar-refractivity contribution < 1.29 is 19.1 Å². The summed E-state index contributed by atoms with van der Waals surface area (Å²) in [5.41, 5.74) is 0.876. The maximum absolute atomic E-state index is 13.8. The van der Waals surface area contributed by atoms with Gasteiger partial charge >= 0.3 is 5.97 Å². The fraction of sp³-hybridized carbons (Fsp3) is 0.353. The molecule has 5 nitrogen and oxygen atoms in total. The molecule has 2 N–H and O–H groups in total. The minimum atomic E-state index is -1.05. The van der Waals surface area contributed by atoms with Crippen molar-refractivity contribution >= 4 is 23.2 Å². The van der Waals surface area contributed by atoms with Crippen LogP contribution in [0.5, 0.6) is 0 Å². The van der Waals surface area contributed by atoms with Crippen LogP contribution in [-0.4, -0.2) is 28.0 Å². The van der Waals surface area contributed by atoms with Crippen LogP contribution in [0.4, 0.5) is 4.39 Å². The molecule has 128 valence electrons. The first-order chi connectivity index (χ1) is 11.4. The first-order valence-corrected chi connectivity index (χ1v) is 8.51. The lowest BCUT2D eigenvalue weighted by atomic mass is 9.99. The zero-order chi connectivity index (χ0) is 17.7. The molecule has 1 heterocycles. The quantitative estimate of drug-likeness (QED) is 0.804. The summed E-state index contributed by atoms with van der Waals surface area (Å²) < 4.78 is 13.8. The number of carbonyl (C=O) groups is 2. The van der Waals surface area contributed by atoms with Crippen LogP contribution in [-0.2, 0) is 16.0 Å². The van der Waals surface area contributed by atoms with Crippen molar-refractivity contribution in [2.45, 2.75) is 32.7 Å². The third kappa shape index (κ3) is 4.38. The summed E-state index contributed by atoms with van der Waals surface area (Å²) in [5.74, 6) is -2.00. The van der Waals surface area contributed by atoms with Crippen LogP contribution in [0.2, 0.25) is 0 Å². The molecule has 0 bridgehead atoms. The van der Waals surface area contributed by atoms with E-state index in [0.29, 0.717) is 22.7 Å². The van der Waals surface area contributed by atoms with E-state index in [0.717, 1.165) is 0 Å². The average Bonchev–Trinajstić information content (AvgIpc) is 3.00. The Kier molecular flexibility index (Phi) is 6.03. The third-order valence-corrected chi connectivity index (χ3v) is 4.72. The number of nitrogens with zero attached hydrogens (tertiary/aromatic N) is 1. The highest BCUT2D eigenvalue weighted by Crippen LogP contribution is 2.26. The van der Waals surface area contributed by atoms with Gasteiger partial charge in [-0.05, 0) is 18.1 Å². The van der Waals surface area contributed by atoms with E-state index in [2.05, 4.69) is 10.3 Å². The van der Waals surface area contributed by atoms with Crippen LogP contribution in [0.3, 0.4) is 0 Å². The highest BCUT2D eigenvalue weighted by Gasteiger charge is 2.25. The Morgan fingerprint density at radius 1 is 1.38 bits per heavy atom. The molecule has 1 aromatic carbocycles. The molecular weight excluding hydrogens is 331 g/mol. The number of aliphatic carboxylic acids is 1. The summed E-state index contributed by atoms with van der Waals surface area (Å²) in [5, 5.41) is 13.9. The van der Waals surface area contributed by atoms with E-state index in [1.807, 2.05) is 6.92 Å². The summed E-state index contributed by atoms with van der Waals surface area (Å²) in [6.45, 7) is 3.64. The molecule has 24 heavy (non-hydrogen) atoms. The number of carboxylic acids is 1. The fourth-order valence-electron chi connectivity index (χ4n) is 2.22. The summed E-state index contributed by atoms with van der Waals surface area (Å²) in [6, 6.07) is 5.37. The molecule has 0 saturated heterocycles. The molecular formula is C17H19FN2O3S. The van der Waals surface area contributed by atoms with E-state index in [1.165, 1.54) is 17.4 Å². The molecule has 0 spiro atoms. The van der Waals surface area contributed by atoms with Crippen LogP contribution >= 0.6 is 11.3 Å². The smallest absolute Gasteiger partial charge is 0.326 e. The Hall–Kier alpha value is -2.28. The number of hydrogen-bond acceptors (Lipinski definition) is 4. The number of aromatic nitrogens is 1. The average molecular weight is 350 g/mol. The number of thiazole rings is 1. The van der Waals surface area contributed by atoms with Crippen molar-refractivity contribution in [1.29, 1.82) is 0 Å². The van der Waals surface area contributed by atoms with Gasteiger partial charge in [0.2, 0.25) is 5.91 Å². The molecule has 0 fully saturated rings. The zero-order valence-electron chi connectivity index (χ0n) is 13.5. The monoisotopic (exact) mass is 350 g/mol. The molecule has 0 aliphatic heterocycles. The lowest BCUT2D eigenvalue weighted by Crippen LogP contribution is -2.45. The van der Waals surface area contributed by atoms with Gasteiger partial charge < -0.3 is 10.4 Å². The Labute approximate surface area is 143 Å². The van der Waals surface area contributed by atoms with Gasteiger partial charge in [-0.3, -0.25) is 4.79 Å². The topological polar surface area (TPSA) is 79.3 Å². The predicted molar refractivity (Wildman–Crippen MR) is 90.2 cm³/mol. The number of hydrogen-bond donors (Lipinski definition) is 2. The molecule has 2 atom stereocenters. The normalized spacial score (nSPS) is 13.3. The molecule has 0 aliphatic carbocycles. The number of amides is 1. The molecule has 1 aromatic heterocycles. The maximum Gasteiger partial charge on any atom is 0.326 e. The lowest BCUT2D eigenvalue weighted by Gasteiger charge is -2.19. The van der Waals surface area contributed by atoms with Gasteiger partial charge in [-0.2, -0.15) is 0 Å². The van der Waals surface area contributed by atoms with Crippen molar-refractivity contribution in [2.24, 2.45) is 5.92 Å². The number of halogens is 1. The Bertz CT molecular complexity index is 732. The molecule has 0 saturated carbocycles. The standard InChI is InChI=1S/C17H19FN2O3S/c1-3-10(2)15(17(22)23)20-14(21)8-11-9-24-16(19-11)12-6-4-5-7-13(12)18/h4-7,9-10,15H,3,8H2,1-2H3,(H,20,21)(H,22,23)/t10-,15+/m1/s1. The summed E-state index contributed by atoms with van der Waals surface area (Å²) in [4.78, 5) is 27.6. The second-order valence-corrected chi connectivity index (χ2v) is 6.43. The number of carboxylic acid groups (broad SMARTS) is 1. The van der Waals surface area contributed by atoms with Gasteiger partial charge in [-0.15, -0.1) is 11.3 Å². The number of nitrogens with one attached hydrogen (secondary N) is 1. The second kappa shape index (κ2) is 8.01. The van der Waals surface area contributed by atoms with Crippen LogP contribution in [0, 0.1) is 11.7 Å². The largest absolute Gasteiger partial charge is 0.480 e. The molecule has 7 heteroatoms. The Morgan fingerprint density at radius 3 is 2.71 bits per heavy atom. The Morgan fingerprint density at radius 2 is 2.08 bits per heavy atom. The zero-order valence-corrected chi connectivity index (χ0v) is 14.3. The Balaban J connectivity index is 2.05. The SMILES string of the molecule is CC[C@@H](C)[C@H](NC(=O)Cc1csc(-c2ccccc2F)n1)C(=O)O. The van der Waals surface area contributed by atoms with Crippen LogP contribution < -0.4 is 5.32 Å². The van der Waals surface area contributed by atoms with Gasteiger partial charge in [0.25, 0.3) is 0 Å². The van der Waals surface area contributed by atoms with Crippen molar-refractivity contribution in [3.8, 4) is 10.6 Å². The van der Waals surface area contributed by atoms with Crippen molar-refractivity contribution in [2.75, 3.05) is 0 Å². The highest BCUT2D eigenvalue weighted by atomic mass is 32.1. The van der Waals surface area contributed by atoms with Crippen molar-refractivity contribution in [3.63, 3.8) is 0 Å². The third-order valence-electron chi connectivity index (χ3n) is 3.79. The van der Waals surface area contributed by atoms with Gasteiger partial charge in [-0.1, -0.05) is 32.4 Å². The van der Waals surface area contributed by atoms with E-state index in [9.17, 15) is 19.1 Å². The predicted octanol–water partition coefficient (Wildman–Crippen LogP) is 3.11. The maximum atomic E-state index is 13.8. The molecule has 2 aromatic rings. The van der Waals surface area contributed by atoms with E-state index in [1.54, 1.807) is 30.5 Å². The van der Waals surface area contributed by atoms with Gasteiger partial charge in [0.05, 0.1) is 12.1 Å². The van der Waals surface area contributed by atoms with Gasteiger partial charge in [0, 0.05) is 10.9 Å². The van der Waals surface area contributed by atoms with Crippen LogP contribution in [0.25, 0.3) is 10.6 Å². The van der Waals surface area contributed by atoms with E-state index in [4.69, 9.17) is 0 Å². The van der Waals surface area contributed by atoms with Gasteiger partial charge in [0.15, 0.2) is 0 Å². The lowest BCUT2D eigenvalue weighted by molar-refractivity contribution is -0.143. The van der Waals surface area contributed by atoms with Crippen LogP contribution in [0.15, 0.2) is 29.6 Å². The van der Waals surface area contributed by atoms with Gasteiger partial charge in [0.1, 0.15) is 16.9 Å². The minimum Gasteiger partial charge on any atom is -0.480 e. The summed E-state index contributed by atoms with van der Waals surface area (Å²) >= 11 is 1.25. The fourth-order valence-corrected chi connectivity index (χ4v) is 3.06. The number of rotatable bonds is 7. The van der Waals surface area contributed by atoms with Crippen molar-refractivity contribution in [1.82, 2.24) is 10.3 Å².